The molecule has 1 fully saturated rings. The molecule has 4 heterocycles. The molecule has 8 nitrogen and oxygen atoms in total. The van der Waals surface area contributed by atoms with Crippen molar-refractivity contribution < 1.29 is 27.5 Å². The second-order valence-corrected chi connectivity index (χ2v) is 11.6. The first-order valence-electron chi connectivity index (χ1n) is 13.8. The van der Waals surface area contributed by atoms with E-state index < -0.39 is 17.3 Å². The maximum absolute atomic E-state index is 13.2. The van der Waals surface area contributed by atoms with E-state index in [1.807, 2.05) is 32.9 Å². The van der Waals surface area contributed by atoms with Crippen LogP contribution < -0.4 is 0 Å². The summed E-state index contributed by atoms with van der Waals surface area (Å²) in [6.07, 6.45) is 0.217. The molecule has 1 aromatic carbocycles. The van der Waals surface area contributed by atoms with Gasteiger partial charge in [0, 0.05) is 64.0 Å². The van der Waals surface area contributed by atoms with Gasteiger partial charge in [-0.05, 0) is 62.1 Å². The molecule has 41 heavy (non-hydrogen) atoms. The number of carbonyl (C=O) groups excluding carboxylic acids is 2. The Kier molecular flexibility index (Phi) is 7.91. The minimum Gasteiger partial charge on any atom is -0.444 e. The maximum atomic E-state index is 13.2. The van der Waals surface area contributed by atoms with Crippen LogP contribution in [0.25, 0.3) is 5.57 Å². The summed E-state index contributed by atoms with van der Waals surface area (Å²) in [5.74, 6) is 0.452. The predicted octanol–water partition coefficient (Wildman–Crippen LogP) is 5.10. The van der Waals surface area contributed by atoms with Crippen LogP contribution in [0.2, 0.25) is 0 Å². The summed E-state index contributed by atoms with van der Waals surface area (Å²) in [6, 6.07) is 7.25. The van der Waals surface area contributed by atoms with Gasteiger partial charge in [0.05, 0.1) is 5.56 Å². The molecule has 2 aromatic rings. The molecule has 0 unspecified atom stereocenters. The molecule has 0 aliphatic carbocycles. The SMILES string of the molecule is CC(C)(C)OC(=O)N1CC=C(c2cnc3c(c2)CC(C(=O)N2CCN(Cc4ccc(C(F)(F)F)cc4)CC2)=N3)CC1. The van der Waals surface area contributed by atoms with E-state index in [2.05, 4.69) is 14.9 Å². The van der Waals surface area contributed by atoms with E-state index >= 15 is 0 Å². The summed E-state index contributed by atoms with van der Waals surface area (Å²) in [7, 11) is 0. The van der Waals surface area contributed by atoms with Crippen molar-refractivity contribution in [2.24, 2.45) is 4.99 Å². The fourth-order valence-corrected chi connectivity index (χ4v) is 5.15. The molecule has 0 radical (unpaired) electrons. The van der Waals surface area contributed by atoms with E-state index in [0.29, 0.717) is 70.2 Å². The Bertz CT molecular complexity index is 1370. The quantitative estimate of drug-likeness (QED) is 0.512. The summed E-state index contributed by atoms with van der Waals surface area (Å²) in [5.41, 5.74) is 3.05. The second-order valence-electron chi connectivity index (χ2n) is 11.6. The predicted molar refractivity (Wildman–Crippen MR) is 149 cm³/mol. The van der Waals surface area contributed by atoms with Gasteiger partial charge in [-0.2, -0.15) is 13.2 Å². The molecule has 11 heteroatoms. The highest BCUT2D eigenvalue weighted by Gasteiger charge is 2.31. The molecule has 0 N–H and O–H groups in total. The van der Waals surface area contributed by atoms with Gasteiger partial charge in [0.1, 0.15) is 11.3 Å². The number of amides is 2. The topological polar surface area (TPSA) is 78.3 Å². The highest BCUT2D eigenvalue weighted by Crippen LogP contribution is 2.31. The highest BCUT2D eigenvalue weighted by molar-refractivity contribution is 6.40. The number of hydrogen-bond donors (Lipinski definition) is 0. The first kappa shape index (κ1) is 28.8. The van der Waals surface area contributed by atoms with Crippen molar-refractivity contribution in [2.75, 3.05) is 39.3 Å². The van der Waals surface area contributed by atoms with Crippen LogP contribution in [0.1, 0.15) is 49.4 Å². The van der Waals surface area contributed by atoms with Gasteiger partial charge in [-0.15, -0.1) is 0 Å². The van der Waals surface area contributed by atoms with Crippen LogP contribution in [0.4, 0.5) is 23.8 Å². The number of carbonyl (C=O) groups is 2. The number of fused-ring (bicyclic) bond motifs is 1. The highest BCUT2D eigenvalue weighted by atomic mass is 19.4. The van der Waals surface area contributed by atoms with Crippen LogP contribution >= 0.6 is 0 Å². The van der Waals surface area contributed by atoms with Crippen molar-refractivity contribution >= 4 is 29.1 Å². The lowest BCUT2D eigenvalue weighted by Crippen LogP contribution is -2.50. The maximum Gasteiger partial charge on any atom is 0.416 e. The number of ether oxygens (including phenoxy) is 1. The van der Waals surface area contributed by atoms with Crippen molar-refractivity contribution in [3.63, 3.8) is 0 Å². The summed E-state index contributed by atoms with van der Waals surface area (Å²) in [4.78, 5) is 40.2. The van der Waals surface area contributed by atoms with E-state index in [4.69, 9.17) is 4.74 Å². The average Bonchev–Trinajstić information content (AvgIpc) is 3.36. The normalized spacial score (nSPS) is 18.1. The molecule has 1 aromatic heterocycles. The summed E-state index contributed by atoms with van der Waals surface area (Å²) >= 11 is 0. The third kappa shape index (κ3) is 6.95. The van der Waals surface area contributed by atoms with Crippen LogP contribution in [0.5, 0.6) is 0 Å². The average molecular weight is 570 g/mol. The van der Waals surface area contributed by atoms with Crippen molar-refractivity contribution in [1.29, 1.82) is 0 Å². The number of benzene rings is 1. The molecular weight excluding hydrogens is 535 g/mol. The standard InChI is InChI=1S/C30H34F3N5O3/c1-29(2,3)41-28(40)38-10-8-21(9-11-38)23-16-22-17-25(35-26(22)34-18-23)27(39)37-14-12-36(13-15-37)19-20-4-6-24(7-5-20)30(31,32)33/h4-8,16,18H,9-15,17,19H2,1-3H3. The van der Waals surface area contributed by atoms with Crippen molar-refractivity contribution in [2.45, 2.75) is 51.9 Å². The smallest absolute Gasteiger partial charge is 0.416 e. The second kappa shape index (κ2) is 11.3. The third-order valence-corrected chi connectivity index (χ3v) is 7.37. The van der Waals surface area contributed by atoms with Gasteiger partial charge in [-0.25, -0.2) is 14.8 Å². The van der Waals surface area contributed by atoms with Crippen LogP contribution in [-0.2, 0) is 28.7 Å². The molecule has 0 atom stereocenters. The number of pyridine rings is 1. The Hall–Kier alpha value is -3.73. The minimum absolute atomic E-state index is 0.108. The van der Waals surface area contributed by atoms with Crippen LogP contribution in [-0.4, -0.2) is 82.3 Å². The fraction of sp³-hybridized carbons (Fsp3) is 0.467. The number of nitrogens with zero attached hydrogens (tertiary/aromatic N) is 5. The molecule has 218 valence electrons. The van der Waals surface area contributed by atoms with E-state index in [1.165, 1.54) is 12.1 Å². The lowest BCUT2D eigenvalue weighted by molar-refractivity contribution is -0.137. The number of alkyl halides is 3. The zero-order chi connectivity index (χ0) is 29.4. The Morgan fingerprint density at radius 1 is 0.976 bits per heavy atom. The van der Waals surface area contributed by atoms with Gasteiger partial charge in [-0.3, -0.25) is 9.69 Å². The Balaban J connectivity index is 1.13. The lowest BCUT2D eigenvalue weighted by atomic mass is 9.99. The molecule has 0 saturated carbocycles. The zero-order valence-electron chi connectivity index (χ0n) is 23.5. The van der Waals surface area contributed by atoms with Gasteiger partial charge < -0.3 is 14.5 Å². The molecule has 3 aliphatic heterocycles. The molecule has 0 bridgehead atoms. The molecular formula is C30H34F3N5O3. The Labute approximate surface area is 237 Å². The minimum atomic E-state index is -4.34. The monoisotopic (exact) mass is 569 g/mol. The summed E-state index contributed by atoms with van der Waals surface area (Å²) in [5, 5.41) is 0. The summed E-state index contributed by atoms with van der Waals surface area (Å²) < 4.78 is 43.9. The Morgan fingerprint density at radius 3 is 2.29 bits per heavy atom. The van der Waals surface area contributed by atoms with Gasteiger partial charge in [0.2, 0.25) is 0 Å². The molecule has 2 amide bonds. The molecule has 1 saturated heterocycles. The van der Waals surface area contributed by atoms with Gasteiger partial charge in [0.25, 0.3) is 5.91 Å². The third-order valence-electron chi connectivity index (χ3n) is 7.37. The van der Waals surface area contributed by atoms with Crippen molar-refractivity contribution in [1.82, 2.24) is 19.7 Å². The van der Waals surface area contributed by atoms with Crippen LogP contribution in [0.3, 0.4) is 0 Å². The first-order valence-corrected chi connectivity index (χ1v) is 13.8. The lowest BCUT2D eigenvalue weighted by Gasteiger charge is -2.34. The van der Waals surface area contributed by atoms with Crippen LogP contribution in [0, 0.1) is 0 Å². The number of rotatable bonds is 4. The van der Waals surface area contributed by atoms with Crippen molar-refractivity contribution in [3.05, 3.63) is 64.9 Å². The molecule has 0 spiro atoms. The first-order chi connectivity index (χ1) is 19.4. The van der Waals surface area contributed by atoms with E-state index in [0.717, 1.165) is 34.4 Å². The van der Waals surface area contributed by atoms with E-state index in [1.54, 1.807) is 16.0 Å². The van der Waals surface area contributed by atoms with Gasteiger partial charge in [0.15, 0.2) is 5.82 Å². The summed E-state index contributed by atoms with van der Waals surface area (Å²) in [6.45, 7) is 9.40. The van der Waals surface area contributed by atoms with Gasteiger partial charge >= 0.3 is 12.3 Å². The number of aromatic nitrogens is 1. The molecule has 5 rings (SSSR count). The number of aliphatic imine (C=N–C) groups is 1. The largest absolute Gasteiger partial charge is 0.444 e. The van der Waals surface area contributed by atoms with E-state index in [-0.39, 0.29) is 12.0 Å². The van der Waals surface area contributed by atoms with Crippen molar-refractivity contribution in [3.8, 4) is 0 Å². The van der Waals surface area contributed by atoms with Crippen LogP contribution in [0.15, 0.2) is 47.6 Å². The van der Waals surface area contributed by atoms with Gasteiger partial charge in [-0.1, -0.05) is 18.2 Å². The molecule has 3 aliphatic rings. The number of hydrogen-bond acceptors (Lipinski definition) is 6. The van der Waals surface area contributed by atoms with E-state index in [9.17, 15) is 22.8 Å². The Morgan fingerprint density at radius 2 is 1.68 bits per heavy atom. The fourth-order valence-electron chi connectivity index (χ4n) is 5.15. The zero-order valence-corrected chi connectivity index (χ0v) is 23.5. The number of halogens is 3. The number of piperazine rings is 1.